The molecule has 0 radical (unpaired) electrons. The monoisotopic (exact) mass is 320 g/mol. The van der Waals surface area contributed by atoms with Crippen molar-refractivity contribution < 1.29 is 29.0 Å². The van der Waals surface area contributed by atoms with Gasteiger partial charge in [-0.25, -0.2) is 0 Å². The van der Waals surface area contributed by atoms with Crippen LogP contribution in [0.3, 0.4) is 0 Å². The third kappa shape index (κ3) is 9.05. The van der Waals surface area contributed by atoms with Crippen molar-refractivity contribution >= 4 is 30.5 Å². The van der Waals surface area contributed by atoms with Crippen molar-refractivity contribution in [3.63, 3.8) is 0 Å². The number of carbonyl (C=O) groups is 3. The van der Waals surface area contributed by atoms with Crippen LogP contribution in [-0.4, -0.2) is 61.1 Å². The number of hydrogen-bond donors (Lipinski definition) is 4. The quantitative estimate of drug-likeness (QED) is 0.228. The maximum atomic E-state index is 11.6. The topological polar surface area (TPSA) is 128 Å². The smallest absolute Gasteiger partial charge is 0.325 e. The second kappa shape index (κ2) is 11.1. The standard InChI is InChI=1S/C12H20N2O6S/c1-19-11(17)6-14-10(16)5-8(3-2-4-21)20-12(18)9(13)7-15/h2-3,8-9,15,21H,4-7,13H2,1H3,(H,14,16)/b3-2+. The molecule has 0 aromatic rings. The number of rotatable bonds is 9. The fourth-order valence-electron chi connectivity index (χ4n) is 1.17. The molecule has 0 bridgehead atoms. The number of thiol groups is 1. The van der Waals surface area contributed by atoms with E-state index in [4.69, 9.17) is 15.6 Å². The molecule has 0 fully saturated rings. The van der Waals surface area contributed by atoms with E-state index in [2.05, 4.69) is 22.7 Å². The summed E-state index contributed by atoms with van der Waals surface area (Å²) in [5.41, 5.74) is 5.32. The van der Waals surface area contributed by atoms with Gasteiger partial charge in [0.25, 0.3) is 0 Å². The Labute approximate surface area is 128 Å². The number of esters is 2. The minimum absolute atomic E-state index is 0.189. The van der Waals surface area contributed by atoms with Crippen LogP contribution in [0.25, 0.3) is 0 Å². The average molecular weight is 320 g/mol. The third-order valence-electron chi connectivity index (χ3n) is 2.27. The first-order valence-corrected chi connectivity index (χ1v) is 6.75. The predicted octanol–water partition coefficient (Wildman–Crippen LogP) is -1.62. The van der Waals surface area contributed by atoms with Gasteiger partial charge in [-0.1, -0.05) is 6.08 Å². The summed E-state index contributed by atoms with van der Waals surface area (Å²) in [7, 11) is 1.20. The van der Waals surface area contributed by atoms with E-state index in [0.717, 1.165) is 0 Å². The summed E-state index contributed by atoms with van der Waals surface area (Å²) in [4.78, 5) is 34.0. The summed E-state index contributed by atoms with van der Waals surface area (Å²) < 4.78 is 9.36. The van der Waals surface area contributed by atoms with Gasteiger partial charge in [-0.3, -0.25) is 14.4 Å². The number of carbonyl (C=O) groups excluding carboxylic acids is 3. The van der Waals surface area contributed by atoms with Crippen LogP contribution in [0.15, 0.2) is 12.2 Å². The Kier molecular flexibility index (Phi) is 10.3. The molecule has 0 rings (SSSR count). The maximum absolute atomic E-state index is 11.6. The molecule has 0 heterocycles. The maximum Gasteiger partial charge on any atom is 0.325 e. The fourth-order valence-corrected chi connectivity index (χ4v) is 1.29. The molecular formula is C12H20N2O6S. The number of aliphatic hydroxyl groups excluding tert-OH is 1. The van der Waals surface area contributed by atoms with E-state index >= 15 is 0 Å². The molecule has 0 aromatic heterocycles. The number of amides is 1. The van der Waals surface area contributed by atoms with Crippen LogP contribution >= 0.6 is 12.6 Å². The van der Waals surface area contributed by atoms with Crippen molar-refractivity contribution in [2.45, 2.75) is 18.6 Å². The molecule has 21 heavy (non-hydrogen) atoms. The largest absolute Gasteiger partial charge is 0.468 e. The van der Waals surface area contributed by atoms with Crippen LogP contribution in [0.5, 0.6) is 0 Å². The zero-order valence-electron chi connectivity index (χ0n) is 11.7. The van der Waals surface area contributed by atoms with E-state index in [1.54, 1.807) is 6.08 Å². The lowest BCUT2D eigenvalue weighted by Gasteiger charge is -2.16. The normalized spacial score (nSPS) is 13.5. The molecule has 2 atom stereocenters. The zero-order chi connectivity index (χ0) is 16.3. The number of nitrogens with two attached hydrogens (primary N) is 1. The Bertz CT molecular complexity index is 388. The molecule has 0 saturated carbocycles. The Morgan fingerprint density at radius 1 is 1.43 bits per heavy atom. The molecule has 2 unspecified atom stereocenters. The summed E-state index contributed by atoms with van der Waals surface area (Å²) >= 11 is 3.96. The highest BCUT2D eigenvalue weighted by Crippen LogP contribution is 2.03. The zero-order valence-corrected chi connectivity index (χ0v) is 12.5. The summed E-state index contributed by atoms with van der Waals surface area (Å²) in [6.45, 7) is -0.835. The third-order valence-corrected chi connectivity index (χ3v) is 2.48. The number of aliphatic hydroxyl groups is 1. The molecule has 0 aliphatic heterocycles. The van der Waals surface area contributed by atoms with Crippen LogP contribution in [0.4, 0.5) is 0 Å². The lowest BCUT2D eigenvalue weighted by molar-refractivity contribution is -0.150. The highest BCUT2D eigenvalue weighted by molar-refractivity contribution is 7.80. The van der Waals surface area contributed by atoms with Gasteiger partial charge < -0.3 is 25.6 Å². The van der Waals surface area contributed by atoms with Gasteiger partial charge in [0.2, 0.25) is 5.91 Å². The SMILES string of the molecule is COC(=O)CNC(=O)CC(/C=C/CS)OC(=O)C(N)CO. The van der Waals surface area contributed by atoms with Gasteiger partial charge >= 0.3 is 11.9 Å². The van der Waals surface area contributed by atoms with Gasteiger partial charge in [-0.15, -0.1) is 0 Å². The summed E-state index contributed by atoms with van der Waals surface area (Å²) in [5.74, 6) is -1.53. The fraction of sp³-hybridized carbons (Fsp3) is 0.583. The molecule has 0 aliphatic rings. The molecule has 0 aliphatic carbocycles. The van der Waals surface area contributed by atoms with Crippen molar-refractivity contribution in [3.05, 3.63) is 12.2 Å². The number of hydrogen-bond acceptors (Lipinski definition) is 8. The first-order chi connectivity index (χ1) is 9.94. The summed E-state index contributed by atoms with van der Waals surface area (Å²) in [6, 6.07) is -1.17. The van der Waals surface area contributed by atoms with Gasteiger partial charge in [0.15, 0.2) is 0 Å². The molecule has 1 amide bonds. The van der Waals surface area contributed by atoms with E-state index in [9.17, 15) is 14.4 Å². The summed E-state index contributed by atoms with van der Waals surface area (Å²) in [5, 5.41) is 11.1. The Balaban J connectivity index is 4.48. The molecule has 9 heteroatoms. The molecule has 0 aromatic carbocycles. The van der Waals surface area contributed by atoms with Gasteiger partial charge in [-0.05, 0) is 6.08 Å². The van der Waals surface area contributed by atoms with Crippen molar-refractivity contribution in [1.82, 2.24) is 5.32 Å². The van der Waals surface area contributed by atoms with Gasteiger partial charge in [0.1, 0.15) is 18.7 Å². The summed E-state index contributed by atoms with van der Waals surface area (Å²) in [6.07, 6.45) is 2.02. The van der Waals surface area contributed by atoms with Crippen molar-refractivity contribution in [1.29, 1.82) is 0 Å². The Hall–Kier alpha value is -1.58. The van der Waals surface area contributed by atoms with Gasteiger partial charge in [0, 0.05) is 5.75 Å². The van der Waals surface area contributed by atoms with Gasteiger partial charge in [-0.2, -0.15) is 12.6 Å². The Morgan fingerprint density at radius 3 is 2.62 bits per heavy atom. The molecule has 0 spiro atoms. The van der Waals surface area contributed by atoms with Crippen LogP contribution in [0.1, 0.15) is 6.42 Å². The molecule has 0 saturated heterocycles. The van der Waals surface area contributed by atoms with E-state index < -0.39 is 36.6 Å². The predicted molar refractivity (Wildman–Crippen MR) is 77.6 cm³/mol. The van der Waals surface area contributed by atoms with Crippen molar-refractivity contribution in [2.75, 3.05) is 26.0 Å². The molecule has 120 valence electrons. The van der Waals surface area contributed by atoms with Crippen LogP contribution in [0.2, 0.25) is 0 Å². The lowest BCUT2D eigenvalue weighted by Crippen LogP contribution is -2.39. The van der Waals surface area contributed by atoms with Crippen molar-refractivity contribution in [2.24, 2.45) is 5.73 Å². The first-order valence-electron chi connectivity index (χ1n) is 6.12. The van der Waals surface area contributed by atoms with E-state index in [-0.39, 0.29) is 13.0 Å². The second-order valence-corrected chi connectivity index (χ2v) is 4.30. The average Bonchev–Trinajstić information content (AvgIpc) is 2.48. The number of methoxy groups -OCH3 is 1. The van der Waals surface area contributed by atoms with Crippen LogP contribution < -0.4 is 11.1 Å². The van der Waals surface area contributed by atoms with Gasteiger partial charge in [0.05, 0.1) is 20.1 Å². The molecular weight excluding hydrogens is 300 g/mol. The highest BCUT2D eigenvalue weighted by atomic mass is 32.1. The highest BCUT2D eigenvalue weighted by Gasteiger charge is 2.20. The second-order valence-electron chi connectivity index (χ2n) is 3.93. The minimum Gasteiger partial charge on any atom is -0.468 e. The minimum atomic E-state index is -1.17. The van der Waals surface area contributed by atoms with E-state index in [1.807, 2.05) is 0 Å². The lowest BCUT2D eigenvalue weighted by atomic mass is 10.2. The van der Waals surface area contributed by atoms with E-state index in [1.165, 1.54) is 13.2 Å². The first kappa shape index (κ1) is 19.4. The number of ether oxygens (including phenoxy) is 2. The van der Waals surface area contributed by atoms with Crippen LogP contribution in [0, 0.1) is 0 Å². The molecule has 8 nitrogen and oxygen atoms in total. The van der Waals surface area contributed by atoms with E-state index in [0.29, 0.717) is 5.75 Å². The Morgan fingerprint density at radius 2 is 2.10 bits per heavy atom. The molecule has 4 N–H and O–H groups in total. The van der Waals surface area contributed by atoms with Crippen LogP contribution in [-0.2, 0) is 23.9 Å². The van der Waals surface area contributed by atoms with Crippen molar-refractivity contribution in [3.8, 4) is 0 Å². The number of nitrogens with one attached hydrogen (secondary N) is 1.